The first-order valence-corrected chi connectivity index (χ1v) is 13.6. The van der Waals surface area contributed by atoms with Gasteiger partial charge in [0.25, 0.3) is 5.69 Å². The third-order valence-corrected chi connectivity index (χ3v) is 8.11. The summed E-state index contributed by atoms with van der Waals surface area (Å²) < 4.78 is 7.56. The average molecular weight is 519 g/mol. The molecule has 192 valence electrons. The van der Waals surface area contributed by atoms with Gasteiger partial charge in [0.15, 0.2) is 0 Å². The standard InChI is InChI=1S/C28H30N4O4S/c1-18-23(28(33)36-16-17-37-20-12-4-3-5-13-20)24(21-14-8-9-15-22(21)32(34)35)25-26(19-10-6-7-11-19)30-31(2)27(25)29-18/h3-5,8-9,12-15,19,24,29H,6-7,10-11,16-17H2,1-2H3. The Balaban J connectivity index is 1.51. The van der Waals surface area contributed by atoms with Crippen molar-refractivity contribution < 1.29 is 14.5 Å². The molecule has 1 aliphatic carbocycles. The molecule has 0 bridgehead atoms. The molecule has 1 aliphatic heterocycles. The molecule has 1 aromatic heterocycles. The predicted molar refractivity (Wildman–Crippen MR) is 144 cm³/mol. The zero-order valence-corrected chi connectivity index (χ0v) is 21.8. The maximum absolute atomic E-state index is 13.6. The van der Waals surface area contributed by atoms with Gasteiger partial charge in [-0.25, -0.2) is 4.79 Å². The lowest BCUT2D eigenvalue weighted by atomic mass is 9.79. The number of carbonyl (C=O) groups excluding carboxylic acids is 1. The van der Waals surface area contributed by atoms with E-state index in [9.17, 15) is 14.9 Å². The number of carbonyl (C=O) groups is 1. The fraction of sp³-hybridized carbons (Fsp3) is 0.357. The van der Waals surface area contributed by atoms with Crippen LogP contribution in [-0.2, 0) is 16.6 Å². The first-order valence-electron chi connectivity index (χ1n) is 12.6. The van der Waals surface area contributed by atoms with Gasteiger partial charge in [0.2, 0.25) is 0 Å². The van der Waals surface area contributed by atoms with Crippen molar-refractivity contribution in [3.63, 3.8) is 0 Å². The Labute approximate surface area is 220 Å². The van der Waals surface area contributed by atoms with Crippen LogP contribution in [0.4, 0.5) is 11.5 Å². The van der Waals surface area contributed by atoms with Gasteiger partial charge in [-0.15, -0.1) is 11.8 Å². The topological polar surface area (TPSA) is 99.3 Å². The predicted octanol–water partition coefficient (Wildman–Crippen LogP) is 6.15. The van der Waals surface area contributed by atoms with E-state index in [1.807, 2.05) is 44.3 Å². The van der Waals surface area contributed by atoms with Crippen molar-refractivity contribution in [2.24, 2.45) is 7.05 Å². The van der Waals surface area contributed by atoms with E-state index in [1.54, 1.807) is 34.6 Å². The second-order valence-electron chi connectivity index (χ2n) is 9.46. The van der Waals surface area contributed by atoms with Crippen molar-refractivity contribution in [3.05, 3.63) is 92.8 Å². The molecule has 1 fully saturated rings. The van der Waals surface area contributed by atoms with E-state index in [4.69, 9.17) is 9.84 Å². The number of hydrogen-bond donors (Lipinski definition) is 1. The molecule has 1 saturated carbocycles. The molecule has 2 aromatic carbocycles. The highest BCUT2D eigenvalue weighted by molar-refractivity contribution is 7.99. The number of anilines is 1. The number of allylic oxidation sites excluding steroid dienone is 1. The highest BCUT2D eigenvalue weighted by atomic mass is 32.2. The third kappa shape index (κ3) is 5.00. The zero-order valence-electron chi connectivity index (χ0n) is 21.0. The van der Waals surface area contributed by atoms with Crippen molar-refractivity contribution in [2.75, 3.05) is 17.7 Å². The quantitative estimate of drug-likeness (QED) is 0.125. The van der Waals surface area contributed by atoms with Crippen LogP contribution in [-0.4, -0.2) is 33.0 Å². The Bertz CT molecular complexity index is 1350. The van der Waals surface area contributed by atoms with Gasteiger partial charge in [0.05, 0.1) is 22.1 Å². The van der Waals surface area contributed by atoms with Crippen LogP contribution in [0.5, 0.6) is 0 Å². The molecule has 0 saturated heterocycles. The van der Waals surface area contributed by atoms with Crippen LogP contribution in [0.3, 0.4) is 0 Å². The number of aryl methyl sites for hydroxylation is 1. The number of para-hydroxylation sites is 1. The lowest BCUT2D eigenvalue weighted by Gasteiger charge is -2.29. The molecule has 0 spiro atoms. The minimum absolute atomic E-state index is 0.0145. The van der Waals surface area contributed by atoms with Gasteiger partial charge in [-0.05, 0) is 31.9 Å². The van der Waals surface area contributed by atoms with Crippen molar-refractivity contribution in [1.82, 2.24) is 9.78 Å². The number of esters is 1. The van der Waals surface area contributed by atoms with Gasteiger partial charge < -0.3 is 10.1 Å². The molecule has 1 N–H and O–H groups in total. The fourth-order valence-corrected chi connectivity index (χ4v) is 6.22. The van der Waals surface area contributed by atoms with Crippen LogP contribution < -0.4 is 5.32 Å². The summed E-state index contributed by atoms with van der Waals surface area (Å²) in [6.07, 6.45) is 4.30. The Morgan fingerprint density at radius 3 is 2.59 bits per heavy atom. The van der Waals surface area contributed by atoms with Crippen LogP contribution in [0.25, 0.3) is 0 Å². The Morgan fingerprint density at radius 2 is 1.86 bits per heavy atom. The van der Waals surface area contributed by atoms with Gasteiger partial charge in [0.1, 0.15) is 12.4 Å². The number of nitrogens with one attached hydrogen (secondary N) is 1. The lowest BCUT2D eigenvalue weighted by molar-refractivity contribution is -0.385. The van der Waals surface area contributed by atoms with Crippen LogP contribution in [0.15, 0.2) is 70.8 Å². The average Bonchev–Trinajstić information content (AvgIpc) is 3.55. The molecule has 3 aromatic rings. The number of nitro groups is 1. The maximum atomic E-state index is 13.6. The maximum Gasteiger partial charge on any atom is 0.336 e. The first kappa shape index (κ1) is 25.1. The van der Waals surface area contributed by atoms with Gasteiger partial charge >= 0.3 is 5.97 Å². The highest BCUT2D eigenvalue weighted by Crippen LogP contribution is 2.49. The van der Waals surface area contributed by atoms with Gasteiger partial charge in [-0.3, -0.25) is 14.8 Å². The fourth-order valence-electron chi connectivity index (χ4n) is 5.47. The van der Waals surface area contributed by atoms with Crippen LogP contribution >= 0.6 is 11.8 Å². The summed E-state index contributed by atoms with van der Waals surface area (Å²) in [6, 6.07) is 16.6. The van der Waals surface area contributed by atoms with Crippen LogP contribution in [0.1, 0.15) is 61.3 Å². The number of benzene rings is 2. The molecule has 37 heavy (non-hydrogen) atoms. The largest absolute Gasteiger partial charge is 0.461 e. The van der Waals surface area contributed by atoms with Crippen molar-refractivity contribution >= 4 is 29.2 Å². The molecule has 5 rings (SSSR count). The van der Waals surface area contributed by atoms with Gasteiger partial charge in [0, 0.05) is 46.5 Å². The zero-order chi connectivity index (χ0) is 25.9. The SMILES string of the molecule is CC1=C(C(=O)OCCSc2ccccc2)C(c2ccccc2[N+](=O)[O-])c2c(C3CCCC3)nn(C)c2N1. The Kier molecular flexibility index (Phi) is 7.32. The molecule has 2 heterocycles. The number of aromatic nitrogens is 2. The summed E-state index contributed by atoms with van der Waals surface area (Å²) in [5.74, 6) is 0.542. The number of rotatable bonds is 8. The number of fused-ring (bicyclic) bond motifs is 1. The summed E-state index contributed by atoms with van der Waals surface area (Å²) in [4.78, 5) is 26.4. The summed E-state index contributed by atoms with van der Waals surface area (Å²) in [7, 11) is 1.87. The van der Waals surface area contributed by atoms with Crippen molar-refractivity contribution in [1.29, 1.82) is 0 Å². The third-order valence-electron chi connectivity index (χ3n) is 7.13. The summed E-state index contributed by atoms with van der Waals surface area (Å²) >= 11 is 1.61. The molecule has 0 radical (unpaired) electrons. The molecule has 1 atom stereocenters. The van der Waals surface area contributed by atoms with E-state index in [2.05, 4.69) is 5.32 Å². The molecule has 2 aliphatic rings. The lowest BCUT2D eigenvalue weighted by Crippen LogP contribution is -2.26. The number of thioether (sulfide) groups is 1. The smallest absolute Gasteiger partial charge is 0.336 e. The normalized spacial score (nSPS) is 17.4. The van der Waals surface area contributed by atoms with E-state index in [0.717, 1.165) is 47.7 Å². The Hall–Kier alpha value is -3.59. The molecule has 8 nitrogen and oxygen atoms in total. The summed E-state index contributed by atoms with van der Waals surface area (Å²) in [6.45, 7) is 2.05. The number of nitrogens with zero attached hydrogens (tertiary/aromatic N) is 3. The number of nitro benzene ring substituents is 1. The van der Waals surface area contributed by atoms with Crippen LogP contribution in [0, 0.1) is 10.1 Å². The second-order valence-corrected chi connectivity index (χ2v) is 10.6. The first-order chi connectivity index (χ1) is 18.0. The van der Waals surface area contributed by atoms with Gasteiger partial charge in [-0.2, -0.15) is 5.10 Å². The number of hydrogen-bond acceptors (Lipinski definition) is 7. The van der Waals surface area contributed by atoms with E-state index >= 15 is 0 Å². The van der Waals surface area contributed by atoms with E-state index in [-0.39, 0.29) is 23.1 Å². The minimum Gasteiger partial charge on any atom is -0.461 e. The highest BCUT2D eigenvalue weighted by Gasteiger charge is 2.42. The number of ether oxygens (including phenoxy) is 1. The molecular weight excluding hydrogens is 488 g/mol. The van der Waals surface area contributed by atoms with E-state index < -0.39 is 11.9 Å². The molecule has 0 amide bonds. The molecular formula is C28H30N4O4S. The molecule has 9 heteroatoms. The second kappa shape index (κ2) is 10.8. The molecule has 1 unspecified atom stereocenters. The summed E-state index contributed by atoms with van der Waals surface area (Å²) in [5.41, 5.74) is 3.26. The van der Waals surface area contributed by atoms with E-state index in [1.165, 1.54) is 6.07 Å². The summed E-state index contributed by atoms with van der Waals surface area (Å²) in [5, 5.41) is 20.3. The van der Waals surface area contributed by atoms with Crippen molar-refractivity contribution in [2.45, 2.75) is 49.3 Å². The Morgan fingerprint density at radius 1 is 1.16 bits per heavy atom. The minimum atomic E-state index is -0.642. The monoisotopic (exact) mass is 518 g/mol. The van der Waals surface area contributed by atoms with Gasteiger partial charge in [-0.1, -0.05) is 49.2 Å². The van der Waals surface area contributed by atoms with Crippen LogP contribution in [0.2, 0.25) is 0 Å². The van der Waals surface area contributed by atoms with Crippen molar-refractivity contribution in [3.8, 4) is 0 Å². The van der Waals surface area contributed by atoms with E-state index in [0.29, 0.717) is 22.6 Å².